The van der Waals surface area contributed by atoms with Crippen LogP contribution in [-0.4, -0.2) is 36.4 Å². The summed E-state index contributed by atoms with van der Waals surface area (Å²) in [4.78, 5) is 11.3. The van der Waals surface area contributed by atoms with Crippen LogP contribution in [0.2, 0.25) is 0 Å². The minimum atomic E-state index is -0.000859. The normalized spacial score (nSPS) is 19.8. The van der Waals surface area contributed by atoms with E-state index in [1.54, 1.807) is 0 Å². The van der Waals surface area contributed by atoms with Crippen LogP contribution in [0, 0.1) is 0 Å². The Morgan fingerprint density at radius 1 is 0.962 bits per heavy atom. The molecule has 0 aromatic carbocycles. The Balaban J connectivity index is 1.92. The maximum atomic E-state index is 11.3. The van der Waals surface area contributed by atoms with Crippen molar-refractivity contribution in [1.29, 1.82) is 0 Å². The number of carbonyl (C=O) groups excluding carboxylic acids is 1. The molecule has 1 fully saturated rings. The molecule has 1 heterocycles. The second-order valence-electron chi connectivity index (χ2n) is 6.80. The van der Waals surface area contributed by atoms with Crippen molar-refractivity contribution < 1.29 is 14.6 Å². The number of amides is 1. The van der Waals surface area contributed by atoms with E-state index in [4.69, 9.17) is 9.84 Å². The van der Waals surface area contributed by atoms with Gasteiger partial charge in [-0.25, -0.2) is 0 Å². The highest BCUT2D eigenvalue weighted by Gasteiger charge is 2.35. The lowest BCUT2D eigenvalue weighted by molar-refractivity contribution is -0.121. The maximum absolute atomic E-state index is 11.3. The van der Waals surface area contributed by atoms with Crippen LogP contribution in [0.25, 0.3) is 0 Å². The van der Waals surface area contributed by atoms with E-state index in [9.17, 15) is 4.79 Å². The highest BCUT2D eigenvalue weighted by Crippen LogP contribution is 2.29. The summed E-state index contributed by atoms with van der Waals surface area (Å²) in [5, 5.41) is 11.3. The molecule has 1 aliphatic rings. The van der Waals surface area contributed by atoms with Gasteiger partial charge in [-0.3, -0.25) is 4.79 Å². The summed E-state index contributed by atoms with van der Waals surface area (Å²) < 4.78 is 5.67. The first kappa shape index (κ1) is 22.7. The van der Waals surface area contributed by atoms with E-state index >= 15 is 0 Å². The van der Waals surface area contributed by atoms with E-state index in [0.29, 0.717) is 25.2 Å². The Kier molecular flexibility index (Phi) is 13.8. The third-order valence-corrected chi connectivity index (χ3v) is 4.38. The molecule has 0 saturated carbocycles. The SMILES string of the molecule is CCCCC/C=C\C/C=C\C[C@H]1O[C@H]1C/C=C\CCCC(=O)NCCO. The molecule has 1 aliphatic heterocycles. The standard InChI is InChI=1S/C22H37NO3/c1-2-3-4-5-6-7-8-9-12-15-20-21(26-20)16-13-10-11-14-17-22(25)23-18-19-24/h6-7,9-10,12-13,20-21,24H,2-5,8,11,14-19H2,1H3,(H,23,25)/b7-6-,12-9-,13-10-/t20-,21+/m1/s1. The van der Waals surface area contributed by atoms with Crippen molar-refractivity contribution in [2.75, 3.05) is 13.2 Å². The number of allylic oxidation sites excluding steroid dienone is 4. The summed E-state index contributed by atoms with van der Waals surface area (Å²) >= 11 is 0. The fraction of sp³-hybridized carbons (Fsp3) is 0.682. The molecule has 0 unspecified atom stereocenters. The average Bonchev–Trinajstić information content (AvgIpc) is 3.39. The summed E-state index contributed by atoms with van der Waals surface area (Å²) in [7, 11) is 0. The highest BCUT2D eigenvalue weighted by atomic mass is 16.6. The number of hydrogen-bond acceptors (Lipinski definition) is 3. The van der Waals surface area contributed by atoms with Crippen molar-refractivity contribution in [3.63, 3.8) is 0 Å². The molecule has 2 atom stereocenters. The van der Waals surface area contributed by atoms with Crippen LogP contribution in [0.5, 0.6) is 0 Å². The predicted molar refractivity (Wildman–Crippen MR) is 108 cm³/mol. The summed E-state index contributed by atoms with van der Waals surface area (Å²) in [5.41, 5.74) is 0. The first-order valence-electron chi connectivity index (χ1n) is 10.3. The zero-order chi connectivity index (χ0) is 18.9. The molecule has 0 bridgehead atoms. The number of carbonyl (C=O) groups is 1. The molecule has 0 aromatic rings. The fourth-order valence-corrected chi connectivity index (χ4v) is 2.74. The molecule has 26 heavy (non-hydrogen) atoms. The number of aliphatic hydroxyl groups excluding tert-OH is 1. The quantitative estimate of drug-likeness (QED) is 0.242. The fourth-order valence-electron chi connectivity index (χ4n) is 2.74. The van der Waals surface area contributed by atoms with Crippen LogP contribution in [0.4, 0.5) is 0 Å². The van der Waals surface area contributed by atoms with Gasteiger partial charge < -0.3 is 15.2 Å². The molecule has 1 rings (SSSR count). The number of aliphatic hydroxyl groups is 1. The maximum Gasteiger partial charge on any atom is 0.220 e. The number of hydrogen-bond donors (Lipinski definition) is 2. The molecule has 1 amide bonds. The molecule has 148 valence electrons. The van der Waals surface area contributed by atoms with Gasteiger partial charge >= 0.3 is 0 Å². The van der Waals surface area contributed by atoms with Gasteiger partial charge in [-0.15, -0.1) is 0 Å². The number of nitrogens with one attached hydrogen (secondary N) is 1. The van der Waals surface area contributed by atoms with Crippen molar-refractivity contribution in [1.82, 2.24) is 5.32 Å². The average molecular weight is 364 g/mol. The molecule has 0 radical (unpaired) electrons. The van der Waals surface area contributed by atoms with Gasteiger partial charge in [0.15, 0.2) is 0 Å². The predicted octanol–water partition coefficient (Wildman–Crippen LogP) is 4.45. The summed E-state index contributed by atoms with van der Waals surface area (Å²) in [6, 6.07) is 0. The van der Waals surface area contributed by atoms with E-state index in [0.717, 1.165) is 32.1 Å². The van der Waals surface area contributed by atoms with Crippen molar-refractivity contribution in [2.24, 2.45) is 0 Å². The third-order valence-electron chi connectivity index (χ3n) is 4.38. The van der Waals surface area contributed by atoms with Crippen molar-refractivity contribution in [3.05, 3.63) is 36.5 Å². The van der Waals surface area contributed by atoms with E-state index in [2.05, 4.69) is 48.7 Å². The number of unbranched alkanes of at least 4 members (excludes halogenated alkanes) is 4. The van der Waals surface area contributed by atoms with Gasteiger partial charge in [0, 0.05) is 13.0 Å². The summed E-state index contributed by atoms with van der Waals surface area (Å²) in [5.74, 6) is 0.0145. The van der Waals surface area contributed by atoms with Crippen LogP contribution in [0.15, 0.2) is 36.5 Å². The summed E-state index contributed by atoms with van der Waals surface area (Å²) in [6.45, 7) is 2.58. The number of rotatable bonds is 16. The first-order valence-corrected chi connectivity index (χ1v) is 10.3. The van der Waals surface area contributed by atoms with Crippen LogP contribution in [0.3, 0.4) is 0 Å². The van der Waals surface area contributed by atoms with E-state index in [1.807, 2.05) is 0 Å². The number of ether oxygens (including phenoxy) is 1. The number of epoxide rings is 1. The second-order valence-corrected chi connectivity index (χ2v) is 6.80. The van der Waals surface area contributed by atoms with Crippen LogP contribution in [0.1, 0.15) is 71.1 Å². The third kappa shape index (κ3) is 12.9. The molecule has 0 spiro atoms. The Morgan fingerprint density at radius 2 is 1.62 bits per heavy atom. The first-order chi connectivity index (χ1) is 12.8. The molecule has 0 aliphatic carbocycles. The van der Waals surface area contributed by atoms with E-state index in [1.165, 1.54) is 25.7 Å². The lowest BCUT2D eigenvalue weighted by atomic mass is 10.1. The molecule has 0 aromatic heterocycles. The lowest BCUT2D eigenvalue weighted by Gasteiger charge is -2.00. The Bertz CT molecular complexity index is 443. The summed E-state index contributed by atoms with van der Waals surface area (Å²) in [6.07, 6.45) is 24.4. The minimum Gasteiger partial charge on any atom is -0.395 e. The van der Waals surface area contributed by atoms with Gasteiger partial charge in [0.1, 0.15) is 0 Å². The highest BCUT2D eigenvalue weighted by molar-refractivity contribution is 5.75. The van der Waals surface area contributed by atoms with Gasteiger partial charge in [-0.1, -0.05) is 56.2 Å². The van der Waals surface area contributed by atoms with Crippen LogP contribution >= 0.6 is 0 Å². The largest absolute Gasteiger partial charge is 0.395 e. The van der Waals surface area contributed by atoms with Gasteiger partial charge in [-0.05, 0) is 44.9 Å². The van der Waals surface area contributed by atoms with Crippen molar-refractivity contribution in [3.8, 4) is 0 Å². The minimum absolute atomic E-state index is 0.000859. The Morgan fingerprint density at radius 3 is 2.35 bits per heavy atom. The van der Waals surface area contributed by atoms with Crippen molar-refractivity contribution >= 4 is 5.91 Å². The topological polar surface area (TPSA) is 61.9 Å². The van der Waals surface area contributed by atoms with Crippen LogP contribution < -0.4 is 5.32 Å². The van der Waals surface area contributed by atoms with E-state index < -0.39 is 0 Å². The van der Waals surface area contributed by atoms with E-state index in [-0.39, 0.29) is 12.5 Å². The monoisotopic (exact) mass is 363 g/mol. The van der Waals surface area contributed by atoms with Gasteiger partial charge in [0.25, 0.3) is 0 Å². The zero-order valence-corrected chi connectivity index (χ0v) is 16.4. The van der Waals surface area contributed by atoms with Gasteiger partial charge in [-0.2, -0.15) is 0 Å². The Labute approximate surface area is 159 Å². The molecule has 2 N–H and O–H groups in total. The van der Waals surface area contributed by atoms with Crippen molar-refractivity contribution in [2.45, 2.75) is 83.3 Å². The van der Waals surface area contributed by atoms with Gasteiger partial charge in [0.2, 0.25) is 5.91 Å². The smallest absolute Gasteiger partial charge is 0.220 e. The van der Waals surface area contributed by atoms with Gasteiger partial charge in [0.05, 0.1) is 18.8 Å². The molecule has 4 nitrogen and oxygen atoms in total. The molecule has 4 heteroatoms. The van der Waals surface area contributed by atoms with Crippen LogP contribution in [-0.2, 0) is 9.53 Å². The second kappa shape index (κ2) is 15.8. The zero-order valence-electron chi connectivity index (χ0n) is 16.4. The molecular formula is C22H37NO3. The molecular weight excluding hydrogens is 326 g/mol. The Hall–Kier alpha value is -1.39. The lowest BCUT2D eigenvalue weighted by Crippen LogP contribution is -2.25. The molecule has 1 saturated heterocycles.